The van der Waals surface area contributed by atoms with Crippen LogP contribution < -0.4 is 10.6 Å². The Morgan fingerprint density at radius 3 is 2.30 bits per heavy atom. The number of amides is 1. The van der Waals surface area contributed by atoms with Gasteiger partial charge >= 0.3 is 0 Å². The molecular weight excluding hydrogens is 252 g/mol. The van der Waals surface area contributed by atoms with Gasteiger partial charge in [-0.15, -0.1) is 0 Å². The van der Waals surface area contributed by atoms with Crippen LogP contribution in [0.1, 0.15) is 42.6 Å². The van der Waals surface area contributed by atoms with Gasteiger partial charge in [0.15, 0.2) is 0 Å². The lowest BCUT2D eigenvalue weighted by molar-refractivity contribution is 0.0329. The first kappa shape index (κ1) is 16.7. The highest BCUT2D eigenvalue weighted by Gasteiger charge is 2.20. The molecule has 0 aliphatic heterocycles. The van der Waals surface area contributed by atoms with E-state index in [1.165, 1.54) is 0 Å². The summed E-state index contributed by atoms with van der Waals surface area (Å²) in [6.45, 7) is 7.71. The number of aryl methyl sites for hydroxylation is 1. The third-order valence-electron chi connectivity index (χ3n) is 3.67. The molecule has 0 saturated heterocycles. The van der Waals surface area contributed by atoms with Crippen LogP contribution in [-0.4, -0.2) is 36.2 Å². The molecular formula is C16H26N2O2. The molecule has 0 spiro atoms. The SMILES string of the molecule is CCC(O)(CC)CNCCNC(=O)c1ccc(C)cc1. The van der Waals surface area contributed by atoms with E-state index in [1.807, 2.05) is 45.0 Å². The minimum absolute atomic E-state index is 0.0620. The first-order chi connectivity index (χ1) is 9.50. The van der Waals surface area contributed by atoms with Gasteiger partial charge in [0.25, 0.3) is 5.91 Å². The summed E-state index contributed by atoms with van der Waals surface area (Å²) in [7, 11) is 0. The summed E-state index contributed by atoms with van der Waals surface area (Å²) in [5.41, 5.74) is 1.18. The van der Waals surface area contributed by atoms with Gasteiger partial charge in [-0.2, -0.15) is 0 Å². The van der Waals surface area contributed by atoms with E-state index in [-0.39, 0.29) is 5.91 Å². The van der Waals surface area contributed by atoms with Crippen molar-refractivity contribution in [2.24, 2.45) is 0 Å². The highest BCUT2D eigenvalue weighted by atomic mass is 16.3. The summed E-state index contributed by atoms with van der Waals surface area (Å²) >= 11 is 0. The van der Waals surface area contributed by atoms with E-state index in [9.17, 15) is 9.90 Å². The van der Waals surface area contributed by atoms with E-state index in [1.54, 1.807) is 0 Å². The molecule has 0 heterocycles. The normalized spacial score (nSPS) is 11.4. The van der Waals surface area contributed by atoms with Crippen LogP contribution in [-0.2, 0) is 0 Å². The van der Waals surface area contributed by atoms with Crippen LogP contribution in [0, 0.1) is 6.92 Å². The molecule has 3 N–H and O–H groups in total. The summed E-state index contributed by atoms with van der Waals surface area (Å²) < 4.78 is 0. The summed E-state index contributed by atoms with van der Waals surface area (Å²) in [6.07, 6.45) is 1.46. The standard InChI is InChI=1S/C16H26N2O2/c1-4-16(20,5-2)12-17-10-11-18-15(19)14-8-6-13(3)7-9-14/h6-9,17,20H,4-5,10-12H2,1-3H3,(H,18,19). The Kier molecular flexibility index (Phi) is 6.68. The van der Waals surface area contributed by atoms with Gasteiger partial charge in [-0.3, -0.25) is 4.79 Å². The maximum Gasteiger partial charge on any atom is 0.251 e. The molecule has 0 fully saturated rings. The van der Waals surface area contributed by atoms with E-state index in [0.29, 0.717) is 25.2 Å². The number of nitrogens with one attached hydrogen (secondary N) is 2. The van der Waals surface area contributed by atoms with Crippen molar-refractivity contribution in [1.82, 2.24) is 10.6 Å². The molecule has 0 saturated carbocycles. The van der Waals surface area contributed by atoms with Gasteiger partial charge in [-0.25, -0.2) is 0 Å². The quantitative estimate of drug-likeness (QED) is 0.636. The number of benzene rings is 1. The predicted octanol–water partition coefficient (Wildman–Crippen LogP) is 1.87. The monoisotopic (exact) mass is 278 g/mol. The molecule has 0 atom stereocenters. The first-order valence-electron chi connectivity index (χ1n) is 7.28. The van der Waals surface area contributed by atoms with Crippen molar-refractivity contribution in [3.63, 3.8) is 0 Å². The second kappa shape index (κ2) is 8.02. The van der Waals surface area contributed by atoms with Crippen LogP contribution in [0.4, 0.5) is 0 Å². The molecule has 0 radical (unpaired) electrons. The van der Waals surface area contributed by atoms with Gasteiger partial charge in [0.05, 0.1) is 5.60 Å². The Labute approximate surface area is 121 Å². The Bertz CT molecular complexity index is 411. The summed E-state index contributed by atoms with van der Waals surface area (Å²) in [4.78, 5) is 11.8. The van der Waals surface area contributed by atoms with Crippen molar-refractivity contribution < 1.29 is 9.90 Å². The van der Waals surface area contributed by atoms with Gasteiger partial charge in [0.1, 0.15) is 0 Å². The Balaban J connectivity index is 2.24. The zero-order chi connectivity index (χ0) is 15.0. The number of carbonyl (C=O) groups is 1. The zero-order valence-corrected chi connectivity index (χ0v) is 12.7. The third kappa shape index (κ3) is 5.31. The zero-order valence-electron chi connectivity index (χ0n) is 12.7. The van der Waals surface area contributed by atoms with Crippen LogP contribution >= 0.6 is 0 Å². The second-order valence-electron chi connectivity index (χ2n) is 5.23. The molecule has 20 heavy (non-hydrogen) atoms. The predicted molar refractivity (Wildman–Crippen MR) is 81.9 cm³/mol. The van der Waals surface area contributed by atoms with Crippen molar-refractivity contribution in [3.8, 4) is 0 Å². The van der Waals surface area contributed by atoms with E-state index in [0.717, 1.165) is 18.4 Å². The number of aliphatic hydroxyl groups is 1. The number of hydrogen-bond donors (Lipinski definition) is 3. The minimum Gasteiger partial charge on any atom is -0.389 e. The van der Waals surface area contributed by atoms with Crippen LogP contribution in [0.3, 0.4) is 0 Å². The number of carbonyl (C=O) groups excluding carboxylic acids is 1. The van der Waals surface area contributed by atoms with E-state index in [2.05, 4.69) is 10.6 Å². The van der Waals surface area contributed by atoms with Gasteiger partial charge in [0.2, 0.25) is 0 Å². The summed E-state index contributed by atoms with van der Waals surface area (Å²) in [5, 5.41) is 16.1. The van der Waals surface area contributed by atoms with Crippen molar-refractivity contribution in [1.29, 1.82) is 0 Å². The van der Waals surface area contributed by atoms with Gasteiger partial charge in [-0.05, 0) is 31.9 Å². The van der Waals surface area contributed by atoms with Gasteiger partial charge in [-0.1, -0.05) is 31.5 Å². The van der Waals surface area contributed by atoms with Crippen LogP contribution in [0.2, 0.25) is 0 Å². The molecule has 4 nitrogen and oxygen atoms in total. The van der Waals surface area contributed by atoms with Gasteiger partial charge < -0.3 is 15.7 Å². The van der Waals surface area contributed by atoms with Crippen molar-refractivity contribution >= 4 is 5.91 Å². The lowest BCUT2D eigenvalue weighted by Gasteiger charge is -2.25. The largest absolute Gasteiger partial charge is 0.389 e. The minimum atomic E-state index is -0.638. The molecule has 0 aliphatic carbocycles. The van der Waals surface area contributed by atoms with E-state index < -0.39 is 5.60 Å². The highest BCUT2D eigenvalue weighted by Crippen LogP contribution is 2.12. The topological polar surface area (TPSA) is 61.4 Å². The fraction of sp³-hybridized carbons (Fsp3) is 0.562. The van der Waals surface area contributed by atoms with Crippen LogP contribution in [0.15, 0.2) is 24.3 Å². The fourth-order valence-electron chi connectivity index (χ4n) is 1.89. The van der Waals surface area contributed by atoms with Gasteiger partial charge in [0, 0.05) is 25.2 Å². The Hall–Kier alpha value is -1.39. The Morgan fingerprint density at radius 1 is 1.15 bits per heavy atom. The summed E-state index contributed by atoms with van der Waals surface area (Å²) in [6, 6.07) is 7.50. The van der Waals surface area contributed by atoms with Crippen LogP contribution in [0.25, 0.3) is 0 Å². The molecule has 112 valence electrons. The van der Waals surface area contributed by atoms with Crippen LogP contribution in [0.5, 0.6) is 0 Å². The number of hydrogen-bond acceptors (Lipinski definition) is 3. The molecule has 0 unspecified atom stereocenters. The summed E-state index contributed by atoms with van der Waals surface area (Å²) in [5.74, 6) is -0.0620. The van der Waals surface area contributed by atoms with E-state index in [4.69, 9.17) is 0 Å². The van der Waals surface area contributed by atoms with Crippen molar-refractivity contribution in [2.75, 3.05) is 19.6 Å². The second-order valence-corrected chi connectivity index (χ2v) is 5.23. The lowest BCUT2D eigenvalue weighted by atomic mass is 9.98. The maximum atomic E-state index is 11.8. The average molecular weight is 278 g/mol. The molecule has 0 bridgehead atoms. The average Bonchev–Trinajstić information content (AvgIpc) is 2.47. The molecule has 1 aromatic carbocycles. The first-order valence-corrected chi connectivity index (χ1v) is 7.28. The molecule has 1 rings (SSSR count). The molecule has 0 aromatic heterocycles. The van der Waals surface area contributed by atoms with Crippen molar-refractivity contribution in [3.05, 3.63) is 35.4 Å². The van der Waals surface area contributed by atoms with Crippen molar-refractivity contribution in [2.45, 2.75) is 39.2 Å². The third-order valence-corrected chi connectivity index (χ3v) is 3.67. The van der Waals surface area contributed by atoms with E-state index >= 15 is 0 Å². The highest BCUT2D eigenvalue weighted by molar-refractivity contribution is 5.94. The lowest BCUT2D eigenvalue weighted by Crippen LogP contribution is -2.42. The molecule has 1 amide bonds. The Morgan fingerprint density at radius 2 is 1.75 bits per heavy atom. The molecule has 0 aliphatic rings. The maximum absolute atomic E-state index is 11.8. The molecule has 4 heteroatoms. The molecule has 1 aromatic rings. The smallest absolute Gasteiger partial charge is 0.251 e. The number of rotatable bonds is 8. The fourth-order valence-corrected chi connectivity index (χ4v) is 1.89.